The summed E-state index contributed by atoms with van der Waals surface area (Å²) in [6, 6.07) is 9.02. The summed E-state index contributed by atoms with van der Waals surface area (Å²) in [6.07, 6.45) is 10.2. The number of benzene rings is 2. The number of ether oxygens (including phenoxy) is 1. The second-order valence-corrected chi connectivity index (χ2v) is 8.89. The molecule has 0 amide bonds. The third-order valence-electron chi connectivity index (χ3n) is 7.26. The maximum atomic E-state index is 15.3. The van der Waals surface area contributed by atoms with Gasteiger partial charge in [-0.3, -0.25) is 0 Å². The van der Waals surface area contributed by atoms with E-state index in [0.29, 0.717) is 16.9 Å². The lowest BCUT2D eigenvalue weighted by molar-refractivity contribution is 0.0601. The van der Waals surface area contributed by atoms with Gasteiger partial charge in [0.1, 0.15) is 5.82 Å². The first-order valence-electron chi connectivity index (χ1n) is 10.9. The van der Waals surface area contributed by atoms with E-state index < -0.39 is 0 Å². The molecule has 0 aliphatic heterocycles. The van der Waals surface area contributed by atoms with E-state index in [2.05, 4.69) is 6.92 Å². The van der Waals surface area contributed by atoms with Crippen LogP contribution < -0.4 is 0 Å². The molecule has 4 rings (SSSR count). The molecule has 0 saturated heterocycles. The van der Waals surface area contributed by atoms with Crippen LogP contribution in [-0.4, -0.2) is 13.1 Å². The molecule has 0 N–H and O–H groups in total. The molecule has 28 heavy (non-hydrogen) atoms. The van der Waals surface area contributed by atoms with Crippen molar-refractivity contribution in [1.82, 2.24) is 0 Å². The third kappa shape index (κ3) is 3.68. The highest BCUT2D eigenvalue weighted by atomic mass is 19.1. The van der Waals surface area contributed by atoms with Crippen LogP contribution in [0.5, 0.6) is 0 Å². The van der Waals surface area contributed by atoms with E-state index in [1.807, 2.05) is 12.1 Å². The van der Waals surface area contributed by atoms with Crippen LogP contribution in [0.1, 0.15) is 80.1 Å². The molecule has 2 nitrogen and oxygen atoms in total. The van der Waals surface area contributed by atoms with Crippen molar-refractivity contribution in [1.29, 1.82) is 0 Å². The second-order valence-electron chi connectivity index (χ2n) is 8.89. The molecule has 150 valence electrons. The minimum atomic E-state index is -0.386. The van der Waals surface area contributed by atoms with Gasteiger partial charge in [0.2, 0.25) is 0 Å². The predicted molar refractivity (Wildman–Crippen MR) is 111 cm³/mol. The normalized spacial score (nSPS) is 27.4. The smallest absolute Gasteiger partial charge is 0.337 e. The average Bonchev–Trinajstić information content (AvgIpc) is 2.73. The first kappa shape index (κ1) is 19.4. The van der Waals surface area contributed by atoms with Gasteiger partial charge in [-0.25, -0.2) is 9.18 Å². The van der Waals surface area contributed by atoms with Crippen LogP contribution in [0.3, 0.4) is 0 Å². The van der Waals surface area contributed by atoms with E-state index in [-0.39, 0.29) is 11.8 Å². The van der Waals surface area contributed by atoms with Crippen molar-refractivity contribution in [2.75, 3.05) is 7.11 Å². The minimum absolute atomic E-state index is 0.1000. The van der Waals surface area contributed by atoms with Gasteiger partial charge in [-0.15, -0.1) is 0 Å². The molecule has 2 saturated carbocycles. The lowest BCUT2D eigenvalue weighted by atomic mass is 9.63. The number of methoxy groups -OCH3 is 1. The summed E-state index contributed by atoms with van der Waals surface area (Å²) in [5.41, 5.74) is 1.33. The quantitative estimate of drug-likeness (QED) is 0.540. The Labute approximate surface area is 167 Å². The zero-order valence-electron chi connectivity index (χ0n) is 17.0. The number of esters is 1. The summed E-state index contributed by atoms with van der Waals surface area (Å²) < 4.78 is 20.1. The second kappa shape index (κ2) is 8.23. The SMILES string of the molecule is CCCC1CC[C@@H]2CC(c3ccc4cc(C(=O)OC)ccc4c3F)CC[C@H]2C1. The summed E-state index contributed by atoms with van der Waals surface area (Å²) in [4.78, 5) is 11.7. The number of carbonyl (C=O) groups excluding carboxylic acids is 1. The maximum absolute atomic E-state index is 15.3. The fraction of sp³-hybridized carbons (Fsp3) is 0.560. The summed E-state index contributed by atoms with van der Waals surface area (Å²) in [5, 5.41) is 1.37. The van der Waals surface area contributed by atoms with Crippen molar-refractivity contribution in [3.8, 4) is 0 Å². The van der Waals surface area contributed by atoms with E-state index in [9.17, 15) is 4.79 Å². The van der Waals surface area contributed by atoms with Gasteiger partial charge in [-0.05, 0) is 78.9 Å². The molecule has 2 aromatic rings. The van der Waals surface area contributed by atoms with Crippen molar-refractivity contribution < 1.29 is 13.9 Å². The third-order valence-corrected chi connectivity index (χ3v) is 7.26. The lowest BCUT2D eigenvalue weighted by Crippen LogP contribution is -2.30. The Morgan fingerprint density at radius 1 is 1.07 bits per heavy atom. The highest BCUT2D eigenvalue weighted by Gasteiger charge is 2.36. The molecule has 2 aliphatic carbocycles. The van der Waals surface area contributed by atoms with Gasteiger partial charge in [-0.1, -0.05) is 44.4 Å². The number of fused-ring (bicyclic) bond motifs is 2. The maximum Gasteiger partial charge on any atom is 0.337 e. The van der Waals surface area contributed by atoms with Crippen molar-refractivity contribution in [2.24, 2.45) is 17.8 Å². The molecule has 3 heteroatoms. The fourth-order valence-electron chi connectivity index (χ4n) is 5.81. The van der Waals surface area contributed by atoms with Gasteiger partial charge in [-0.2, -0.15) is 0 Å². The van der Waals surface area contributed by atoms with Gasteiger partial charge in [0.05, 0.1) is 12.7 Å². The van der Waals surface area contributed by atoms with Gasteiger partial charge < -0.3 is 4.74 Å². The lowest BCUT2D eigenvalue weighted by Gasteiger charge is -2.42. The summed E-state index contributed by atoms with van der Waals surface area (Å²) in [7, 11) is 1.36. The topological polar surface area (TPSA) is 26.3 Å². The number of carbonyl (C=O) groups is 1. The predicted octanol–water partition coefficient (Wildman–Crippen LogP) is 6.87. The molecule has 2 fully saturated rings. The molecular formula is C25H31FO2. The van der Waals surface area contributed by atoms with Crippen molar-refractivity contribution >= 4 is 16.7 Å². The van der Waals surface area contributed by atoms with Crippen LogP contribution in [0.4, 0.5) is 4.39 Å². The first-order chi connectivity index (χ1) is 13.6. The van der Waals surface area contributed by atoms with Crippen LogP contribution in [-0.2, 0) is 4.74 Å². The van der Waals surface area contributed by atoms with E-state index in [4.69, 9.17) is 4.74 Å². The van der Waals surface area contributed by atoms with E-state index in [1.54, 1.807) is 18.2 Å². The number of hydrogen-bond donors (Lipinski definition) is 0. The van der Waals surface area contributed by atoms with Crippen molar-refractivity contribution in [2.45, 2.75) is 64.2 Å². The molecule has 2 unspecified atom stereocenters. The Morgan fingerprint density at radius 3 is 2.64 bits per heavy atom. The molecule has 2 aromatic carbocycles. The van der Waals surface area contributed by atoms with Crippen molar-refractivity contribution in [3.05, 3.63) is 47.3 Å². The van der Waals surface area contributed by atoms with Crippen LogP contribution in [0.15, 0.2) is 30.3 Å². The van der Waals surface area contributed by atoms with Crippen LogP contribution in [0.25, 0.3) is 10.8 Å². The molecule has 0 bridgehead atoms. The van der Waals surface area contributed by atoms with E-state index >= 15 is 4.39 Å². The standard InChI is InChI=1S/C25H31FO2/c1-3-4-16-5-6-18-14-19(8-7-17(18)13-16)22-11-9-20-15-21(25(27)28-2)10-12-23(20)24(22)26/h9-12,15-19H,3-8,13-14H2,1-2H3/t16?,17-,18+,19?/m0/s1. The van der Waals surface area contributed by atoms with Gasteiger partial charge in [0.25, 0.3) is 0 Å². The monoisotopic (exact) mass is 382 g/mol. The highest BCUT2D eigenvalue weighted by Crippen LogP contribution is 2.49. The molecule has 0 heterocycles. The Morgan fingerprint density at radius 2 is 1.86 bits per heavy atom. The molecular weight excluding hydrogens is 351 g/mol. The molecule has 2 aliphatic rings. The molecule has 0 spiro atoms. The summed E-state index contributed by atoms with van der Waals surface area (Å²) in [6.45, 7) is 2.29. The Hall–Kier alpha value is -1.90. The van der Waals surface area contributed by atoms with Gasteiger partial charge in [0.15, 0.2) is 0 Å². The van der Waals surface area contributed by atoms with E-state index in [1.165, 1.54) is 45.6 Å². The van der Waals surface area contributed by atoms with Gasteiger partial charge in [0, 0.05) is 5.39 Å². The molecule has 4 atom stereocenters. The van der Waals surface area contributed by atoms with E-state index in [0.717, 1.165) is 41.5 Å². The largest absolute Gasteiger partial charge is 0.465 e. The average molecular weight is 383 g/mol. The van der Waals surface area contributed by atoms with Crippen LogP contribution in [0, 0.1) is 23.6 Å². The highest BCUT2D eigenvalue weighted by molar-refractivity contribution is 5.95. The summed E-state index contributed by atoms with van der Waals surface area (Å²) >= 11 is 0. The Bertz CT molecular complexity index is 859. The Kier molecular flexibility index (Phi) is 5.70. The molecule has 0 radical (unpaired) electrons. The zero-order valence-corrected chi connectivity index (χ0v) is 17.0. The number of hydrogen-bond acceptors (Lipinski definition) is 2. The summed E-state index contributed by atoms with van der Waals surface area (Å²) in [5.74, 6) is 2.38. The molecule has 0 aromatic heterocycles. The fourth-order valence-corrected chi connectivity index (χ4v) is 5.81. The number of halogens is 1. The first-order valence-corrected chi connectivity index (χ1v) is 10.9. The Balaban J connectivity index is 1.53. The van der Waals surface area contributed by atoms with Crippen LogP contribution in [0.2, 0.25) is 0 Å². The minimum Gasteiger partial charge on any atom is -0.465 e. The van der Waals surface area contributed by atoms with Gasteiger partial charge >= 0.3 is 5.97 Å². The number of rotatable bonds is 4. The van der Waals surface area contributed by atoms with Crippen LogP contribution >= 0.6 is 0 Å². The van der Waals surface area contributed by atoms with Crippen molar-refractivity contribution in [3.63, 3.8) is 0 Å². The zero-order chi connectivity index (χ0) is 19.7.